The fourth-order valence-corrected chi connectivity index (χ4v) is 1.92. The van der Waals surface area contributed by atoms with Crippen molar-refractivity contribution in [2.45, 2.75) is 25.8 Å². The molecule has 0 heterocycles. The first kappa shape index (κ1) is 13.0. The van der Waals surface area contributed by atoms with Crippen molar-refractivity contribution in [3.63, 3.8) is 0 Å². The number of aromatic hydroxyl groups is 1. The Kier molecular flexibility index (Phi) is 4.32. The minimum atomic E-state index is -0.886. The van der Waals surface area contributed by atoms with Crippen molar-refractivity contribution in [2.75, 3.05) is 0 Å². The molecule has 1 aromatic rings. The van der Waals surface area contributed by atoms with Gasteiger partial charge in [-0.1, -0.05) is 15.9 Å². The first-order valence-electron chi connectivity index (χ1n) is 4.88. The number of nitrogens with two attached hydrogens (primary N) is 1. The molecule has 16 heavy (non-hydrogen) atoms. The van der Waals surface area contributed by atoms with Crippen molar-refractivity contribution in [2.24, 2.45) is 5.73 Å². The van der Waals surface area contributed by atoms with E-state index in [4.69, 9.17) is 10.8 Å². The van der Waals surface area contributed by atoms with Crippen LogP contribution in [0.15, 0.2) is 16.6 Å². The summed E-state index contributed by atoms with van der Waals surface area (Å²) in [6.07, 6.45) is 0.298. The number of phenolic OH excluding ortho intramolecular Hbond substituents is 1. The molecule has 1 aromatic carbocycles. The van der Waals surface area contributed by atoms with Crippen LogP contribution < -0.4 is 5.73 Å². The highest BCUT2D eigenvalue weighted by Crippen LogP contribution is 2.33. The van der Waals surface area contributed by atoms with Gasteiger partial charge in [0.1, 0.15) is 5.75 Å². The van der Waals surface area contributed by atoms with Crippen LogP contribution in [0.2, 0.25) is 0 Å². The third kappa shape index (κ3) is 2.96. The SMILES string of the molecule is Cc1c(Br)ccc(O)c1C(N)CCC(=O)O. The summed E-state index contributed by atoms with van der Waals surface area (Å²) in [5.41, 5.74) is 7.32. The molecule has 1 rings (SSSR count). The third-order valence-electron chi connectivity index (χ3n) is 2.47. The second-order valence-electron chi connectivity index (χ2n) is 3.64. The van der Waals surface area contributed by atoms with Crippen LogP contribution in [0.4, 0.5) is 0 Å². The van der Waals surface area contributed by atoms with Gasteiger partial charge in [0.25, 0.3) is 0 Å². The van der Waals surface area contributed by atoms with Crippen molar-refractivity contribution < 1.29 is 15.0 Å². The predicted molar refractivity (Wildman–Crippen MR) is 64.3 cm³/mol. The molecule has 0 aliphatic heterocycles. The zero-order chi connectivity index (χ0) is 12.3. The molecule has 0 aromatic heterocycles. The summed E-state index contributed by atoms with van der Waals surface area (Å²) >= 11 is 3.35. The molecule has 0 bridgehead atoms. The van der Waals surface area contributed by atoms with Gasteiger partial charge in [-0.05, 0) is 31.0 Å². The largest absolute Gasteiger partial charge is 0.508 e. The van der Waals surface area contributed by atoms with Crippen LogP contribution in [0.5, 0.6) is 5.75 Å². The van der Waals surface area contributed by atoms with Crippen molar-refractivity contribution in [3.05, 3.63) is 27.7 Å². The van der Waals surface area contributed by atoms with Gasteiger partial charge in [-0.25, -0.2) is 0 Å². The number of rotatable bonds is 4. The summed E-state index contributed by atoms with van der Waals surface area (Å²) in [6, 6.07) is 2.82. The average Bonchev–Trinajstić information content (AvgIpc) is 2.21. The molecular weight excluding hydrogens is 274 g/mol. The molecule has 0 fully saturated rings. The molecule has 4 N–H and O–H groups in total. The maximum atomic E-state index is 10.4. The van der Waals surface area contributed by atoms with E-state index in [1.807, 2.05) is 6.92 Å². The van der Waals surface area contributed by atoms with E-state index in [0.717, 1.165) is 10.0 Å². The number of carboxylic acids is 1. The molecule has 0 spiro atoms. The molecule has 0 aliphatic rings. The topological polar surface area (TPSA) is 83.5 Å². The standard InChI is InChI=1S/C11H14BrNO3/c1-6-7(12)2-4-9(14)11(6)8(13)3-5-10(15)16/h2,4,8,14H,3,5,13H2,1H3,(H,15,16). The number of halogens is 1. The number of carbonyl (C=O) groups is 1. The Labute approximate surface area is 102 Å². The minimum absolute atomic E-state index is 0.00738. The van der Waals surface area contributed by atoms with Gasteiger partial charge in [0.2, 0.25) is 0 Å². The molecule has 4 nitrogen and oxygen atoms in total. The van der Waals surface area contributed by atoms with E-state index in [1.54, 1.807) is 12.1 Å². The summed E-state index contributed by atoms with van der Waals surface area (Å²) in [4.78, 5) is 10.4. The molecule has 0 saturated carbocycles. The monoisotopic (exact) mass is 287 g/mol. The van der Waals surface area contributed by atoms with Gasteiger partial charge < -0.3 is 15.9 Å². The van der Waals surface area contributed by atoms with Crippen LogP contribution in [0.1, 0.15) is 30.0 Å². The van der Waals surface area contributed by atoms with Crippen molar-refractivity contribution in [3.8, 4) is 5.75 Å². The number of carboxylic acid groups (broad SMARTS) is 1. The van der Waals surface area contributed by atoms with Crippen LogP contribution in [0.3, 0.4) is 0 Å². The van der Waals surface area contributed by atoms with Crippen LogP contribution in [-0.2, 0) is 4.79 Å². The maximum Gasteiger partial charge on any atom is 0.303 e. The van der Waals surface area contributed by atoms with Gasteiger partial charge in [-0.3, -0.25) is 4.79 Å². The molecule has 0 aliphatic carbocycles. The van der Waals surface area contributed by atoms with Gasteiger partial charge in [0.05, 0.1) is 0 Å². The smallest absolute Gasteiger partial charge is 0.303 e. The highest BCUT2D eigenvalue weighted by molar-refractivity contribution is 9.10. The number of hydrogen-bond donors (Lipinski definition) is 3. The van der Waals surface area contributed by atoms with E-state index in [0.29, 0.717) is 12.0 Å². The van der Waals surface area contributed by atoms with Crippen molar-refractivity contribution in [1.29, 1.82) is 0 Å². The summed E-state index contributed by atoms with van der Waals surface area (Å²) in [6.45, 7) is 1.83. The van der Waals surface area contributed by atoms with E-state index in [-0.39, 0.29) is 12.2 Å². The molecule has 0 amide bonds. The van der Waals surface area contributed by atoms with Gasteiger partial charge in [0.15, 0.2) is 0 Å². The summed E-state index contributed by atoms with van der Waals surface area (Å²) in [5.74, 6) is -0.777. The molecule has 88 valence electrons. The van der Waals surface area contributed by atoms with Crippen LogP contribution in [0, 0.1) is 6.92 Å². The second kappa shape index (κ2) is 5.32. The number of phenols is 1. The minimum Gasteiger partial charge on any atom is -0.508 e. The molecule has 0 saturated heterocycles. The molecule has 1 atom stereocenters. The van der Waals surface area contributed by atoms with Gasteiger partial charge >= 0.3 is 5.97 Å². The number of hydrogen-bond acceptors (Lipinski definition) is 3. The Hall–Kier alpha value is -1.07. The summed E-state index contributed by atoms with van der Waals surface area (Å²) < 4.78 is 0.853. The lowest BCUT2D eigenvalue weighted by Gasteiger charge is -2.16. The fraction of sp³-hybridized carbons (Fsp3) is 0.364. The highest BCUT2D eigenvalue weighted by Gasteiger charge is 2.16. The quantitative estimate of drug-likeness (QED) is 0.794. The Balaban J connectivity index is 2.94. The van der Waals surface area contributed by atoms with E-state index < -0.39 is 12.0 Å². The zero-order valence-corrected chi connectivity index (χ0v) is 10.5. The normalized spacial score (nSPS) is 12.4. The zero-order valence-electron chi connectivity index (χ0n) is 8.90. The molecular formula is C11H14BrNO3. The summed E-state index contributed by atoms with van der Waals surface area (Å²) in [5, 5.41) is 18.3. The lowest BCUT2D eigenvalue weighted by Crippen LogP contribution is -2.14. The van der Waals surface area contributed by atoms with Crippen molar-refractivity contribution in [1.82, 2.24) is 0 Å². The highest BCUT2D eigenvalue weighted by atomic mass is 79.9. The molecule has 0 radical (unpaired) electrons. The molecule has 5 heteroatoms. The number of aliphatic carboxylic acids is 1. The average molecular weight is 288 g/mol. The van der Waals surface area contributed by atoms with Gasteiger partial charge in [-0.2, -0.15) is 0 Å². The summed E-state index contributed by atoms with van der Waals surface area (Å²) in [7, 11) is 0. The van der Waals surface area contributed by atoms with E-state index in [9.17, 15) is 9.90 Å². The Morgan fingerprint density at radius 1 is 1.56 bits per heavy atom. The first-order valence-corrected chi connectivity index (χ1v) is 5.68. The Morgan fingerprint density at radius 3 is 2.75 bits per heavy atom. The van der Waals surface area contributed by atoms with E-state index in [1.165, 1.54) is 0 Å². The Bertz CT molecular complexity index is 406. The van der Waals surface area contributed by atoms with Crippen LogP contribution >= 0.6 is 15.9 Å². The van der Waals surface area contributed by atoms with E-state index in [2.05, 4.69) is 15.9 Å². The van der Waals surface area contributed by atoms with Crippen molar-refractivity contribution >= 4 is 21.9 Å². The predicted octanol–water partition coefficient (Wildman–Crippen LogP) is 2.33. The fourth-order valence-electron chi connectivity index (χ4n) is 1.58. The van der Waals surface area contributed by atoms with Crippen LogP contribution in [-0.4, -0.2) is 16.2 Å². The first-order chi connectivity index (χ1) is 7.43. The van der Waals surface area contributed by atoms with Crippen LogP contribution in [0.25, 0.3) is 0 Å². The van der Waals surface area contributed by atoms with Gasteiger partial charge in [0, 0.05) is 22.5 Å². The second-order valence-corrected chi connectivity index (χ2v) is 4.50. The maximum absolute atomic E-state index is 10.4. The Morgan fingerprint density at radius 2 is 2.19 bits per heavy atom. The van der Waals surface area contributed by atoms with Gasteiger partial charge in [-0.15, -0.1) is 0 Å². The van der Waals surface area contributed by atoms with E-state index >= 15 is 0 Å². The number of benzene rings is 1. The molecule has 1 unspecified atom stereocenters. The lowest BCUT2D eigenvalue weighted by molar-refractivity contribution is -0.137. The third-order valence-corrected chi connectivity index (χ3v) is 3.32. The lowest BCUT2D eigenvalue weighted by atomic mass is 9.97.